The second kappa shape index (κ2) is 9.21. The summed E-state index contributed by atoms with van der Waals surface area (Å²) in [5, 5.41) is 13.3. The van der Waals surface area contributed by atoms with Crippen molar-refractivity contribution in [3.63, 3.8) is 0 Å². The van der Waals surface area contributed by atoms with Crippen LogP contribution >= 0.6 is 23.1 Å². The van der Waals surface area contributed by atoms with E-state index in [1.165, 1.54) is 23.1 Å². The minimum absolute atomic E-state index is 0.0445. The number of hydrogen-bond donors (Lipinski definition) is 2. The Morgan fingerprint density at radius 2 is 1.67 bits per heavy atom. The second-order valence-corrected chi connectivity index (χ2v) is 10.1. The van der Waals surface area contributed by atoms with Crippen LogP contribution in [0.1, 0.15) is 32.3 Å². The lowest BCUT2D eigenvalue weighted by molar-refractivity contribution is 0.0991. The summed E-state index contributed by atoms with van der Waals surface area (Å²) < 4.78 is 0.741. The van der Waals surface area contributed by atoms with E-state index < -0.39 is 5.25 Å². The molecule has 2 heterocycles. The lowest BCUT2D eigenvalue weighted by atomic mass is 10.0. The maximum atomic E-state index is 13.7. The third kappa shape index (κ3) is 4.42. The molecule has 3 aromatic carbocycles. The summed E-state index contributed by atoms with van der Waals surface area (Å²) in [4.78, 5) is 16.9. The van der Waals surface area contributed by atoms with E-state index in [1.807, 2.05) is 60.7 Å². The van der Waals surface area contributed by atoms with Crippen molar-refractivity contribution >= 4 is 50.6 Å². The molecule has 2 N–H and O–H groups in total. The van der Waals surface area contributed by atoms with E-state index in [9.17, 15) is 4.79 Å². The Kier molecular flexibility index (Phi) is 5.98. The fourth-order valence-electron chi connectivity index (χ4n) is 3.84. The minimum atomic E-state index is -0.425. The number of fused-ring (bicyclic) bond motifs is 1. The molecule has 0 fully saturated rings. The smallest absolute Gasteiger partial charge is 0.210 e. The van der Waals surface area contributed by atoms with Crippen molar-refractivity contribution in [1.29, 1.82) is 0 Å². The van der Waals surface area contributed by atoms with Crippen molar-refractivity contribution in [2.45, 2.75) is 23.4 Å². The van der Waals surface area contributed by atoms with Gasteiger partial charge in [0, 0.05) is 28.4 Å². The van der Waals surface area contributed by atoms with Gasteiger partial charge in [0.1, 0.15) is 5.25 Å². The molecule has 5 nitrogen and oxygen atoms in total. The molecule has 2 aromatic heterocycles. The number of rotatable bonds is 7. The summed E-state index contributed by atoms with van der Waals surface area (Å²) in [6.45, 7) is 4.13. The standard InChI is InChI=1S/C26H22N4OS2/c1-16-9-8-10-17(2)22(16)28-25-29-30-26(33-25)32-24(18-11-4-3-5-12-18)23(31)20-15-27-21-14-7-6-13-19(20)21/h3-15,24,27H,1-2H3,(H,28,29). The first-order valence-electron chi connectivity index (χ1n) is 10.6. The first-order chi connectivity index (χ1) is 16.1. The second-order valence-electron chi connectivity index (χ2n) is 7.79. The number of aromatic amines is 1. The Balaban J connectivity index is 1.45. The van der Waals surface area contributed by atoms with Gasteiger partial charge < -0.3 is 10.3 Å². The minimum Gasteiger partial charge on any atom is -0.360 e. The molecule has 0 amide bonds. The number of carbonyl (C=O) groups excluding carboxylic acids is 1. The van der Waals surface area contributed by atoms with Gasteiger partial charge in [-0.3, -0.25) is 4.79 Å². The average Bonchev–Trinajstić information content (AvgIpc) is 3.47. The summed E-state index contributed by atoms with van der Waals surface area (Å²) in [5.74, 6) is 0.0445. The number of nitrogens with one attached hydrogen (secondary N) is 2. The van der Waals surface area contributed by atoms with Crippen molar-refractivity contribution < 1.29 is 4.79 Å². The summed E-state index contributed by atoms with van der Waals surface area (Å²) in [6, 6.07) is 23.9. The topological polar surface area (TPSA) is 70.7 Å². The van der Waals surface area contributed by atoms with Gasteiger partial charge >= 0.3 is 0 Å². The van der Waals surface area contributed by atoms with Gasteiger partial charge in [0.05, 0.1) is 0 Å². The molecule has 0 saturated carbocycles. The molecule has 7 heteroatoms. The zero-order chi connectivity index (χ0) is 22.8. The van der Waals surface area contributed by atoms with Crippen molar-refractivity contribution in [1.82, 2.24) is 15.2 Å². The van der Waals surface area contributed by atoms with Gasteiger partial charge in [0.25, 0.3) is 0 Å². The zero-order valence-corrected chi connectivity index (χ0v) is 19.8. The van der Waals surface area contributed by atoms with Crippen LogP contribution in [-0.4, -0.2) is 21.0 Å². The number of thioether (sulfide) groups is 1. The van der Waals surface area contributed by atoms with Crippen LogP contribution in [0.2, 0.25) is 0 Å². The molecule has 0 aliphatic heterocycles. The number of nitrogens with zero attached hydrogens (tertiary/aromatic N) is 2. The van der Waals surface area contributed by atoms with E-state index in [2.05, 4.69) is 46.5 Å². The molecular weight excluding hydrogens is 448 g/mol. The molecule has 0 aliphatic carbocycles. The van der Waals surface area contributed by atoms with E-state index in [0.717, 1.165) is 37.6 Å². The first kappa shape index (κ1) is 21.4. The number of anilines is 2. The Bertz CT molecular complexity index is 1400. The summed E-state index contributed by atoms with van der Waals surface area (Å²) in [6.07, 6.45) is 1.80. The summed E-state index contributed by atoms with van der Waals surface area (Å²) in [7, 11) is 0. The predicted molar refractivity (Wildman–Crippen MR) is 137 cm³/mol. The van der Waals surface area contributed by atoms with Crippen LogP contribution < -0.4 is 5.32 Å². The average molecular weight is 471 g/mol. The number of aryl methyl sites for hydroxylation is 2. The SMILES string of the molecule is Cc1cccc(C)c1Nc1nnc(SC(C(=O)c2c[nH]c3ccccc23)c2ccccc2)s1. The van der Waals surface area contributed by atoms with Gasteiger partial charge in [0.2, 0.25) is 5.13 Å². The van der Waals surface area contributed by atoms with Crippen LogP contribution in [0.25, 0.3) is 10.9 Å². The van der Waals surface area contributed by atoms with Crippen molar-refractivity contribution in [3.8, 4) is 0 Å². The van der Waals surface area contributed by atoms with Gasteiger partial charge in [-0.05, 0) is 36.6 Å². The number of H-pyrrole nitrogens is 1. The molecule has 33 heavy (non-hydrogen) atoms. The Morgan fingerprint density at radius 1 is 0.939 bits per heavy atom. The highest BCUT2D eigenvalue weighted by molar-refractivity contribution is 8.02. The number of carbonyl (C=O) groups is 1. The number of hydrogen-bond acceptors (Lipinski definition) is 6. The predicted octanol–water partition coefficient (Wildman–Crippen LogP) is 7.10. The number of aromatic nitrogens is 3. The highest BCUT2D eigenvalue weighted by Crippen LogP contribution is 2.41. The number of ketones is 1. The maximum absolute atomic E-state index is 13.7. The van der Waals surface area contributed by atoms with Gasteiger partial charge in [-0.2, -0.15) is 0 Å². The zero-order valence-electron chi connectivity index (χ0n) is 18.2. The summed E-state index contributed by atoms with van der Waals surface area (Å²) in [5.41, 5.74) is 5.92. The largest absolute Gasteiger partial charge is 0.360 e. The molecule has 1 unspecified atom stereocenters. The van der Waals surface area contributed by atoms with E-state index in [1.54, 1.807) is 6.20 Å². The Hall–Kier alpha value is -3.42. The fraction of sp³-hybridized carbons (Fsp3) is 0.115. The molecule has 0 spiro atoms. The Labute approximate surface area is 200 Å². The van der Waals surface area contributed by atoms with E-state index >= 15 is 0 Å². The molecule has 5 aromatic rings. The van der Waals surface area contributed by atoms with Crippen LogP contribution in [0, 0.1) is 13.8 Å². The van der Waals surface area contributed by atoms with Crippen molar-refractivity contribution in [3.05, 3.63) is 101 Å². The molecule has 5 rings (SSSR count). The van der Waals surface area contributed by atoms with Crippen molar-refractivity contribution in [2.24, 2.45) is 0 Å². The van der Waals surface area contributed by atoms with E-state index in [0.29, 0.717) is 10.7 Å². The molecule has 1 atom stereocenters. The number of Topliss-reactive ketones (excluding diaryl/α,β-unsaturated/α-hetero) is 1. The number of para-hydroxylation sites is 2. The molecule has 0 aliphatic rings. The van der Waals surface area contributed by atoms with E-state index in [4.69, 9.17) is 0 Å². The molecular formula is C26H22N4OS2. The highest BCUT2D eigenvalue weighted by Gasteiger charge is 2.27. The van der Waals surface area contributed by atoms with Crippen LogP contribution in [0.3, 0.4) is 0 Å². The van der Waals surface area contributed by atoms with Gasteiger partial charge in [0.15, 0.2) is 10.1 Å². The lowest BCUT2D eigenvalue weighted by Crippen LogP contribution is -2.09. The van der Waals surface area contributed by atoms with Crippen LogP contribution in [0.4, 0.5) is 10.8 Å². The third-order valence-electron chi connectivity index (χ3n) is 5.53. The summed E-state index contributed by atoms with van der Waals surface area (Å²) >= 11 is 2.89. The van der Waals surface area contributed by atoms with Crippen LogP contribution in [0.5, 0.6) is 0 Å². The van der Waals surface area contributed by atoms with Crippen LogP contribution in [0.15, 0.2) is 83.3 Å². The molecule has 0 saturated heterocycles. The van der Waals surface area contributed by atoms with Gasteiger partial charge in [-0.15, -0.1) is 10.2 Å². The van der Waals surface area contributed by atoms with Crippen LogP contribution in [-0.2, 0) is 0 Å². The first-order valence-corrected chi connectivity index (χ1v) is 12.3. The lowest BCUT2D eigenvalue weighted by Gasteiger charge is -2.14. The quantitative estimate of drug-likeness (QED) is 0.196. The third-order valence-corrected chi connectivity index (χ3v) is 7.71. The van der Waals surface area contributed by atoms with E-state index in [-0.39, 0.29) is 5.78 Å². The Morgan fingerprint density at radius 3 is 2.45 bits per heavy atom. The molecule has 0 bridgehead atoms. The maximum Gasteiger partial charge on any atom is 0.210 e. The fourth-order valence-corrected chi connectivity index (χ4v) is 5.86. The monoisotopic (exact) mass is 470 g/mol. The van der Waals surface area contributed by atoms with Crippen molar-refractivity contribution in [2.75, 3.05) is 5.32 Å². The normalized spacial score (nSPS) is 12.1. The molecule has 164 valence electrons. The van der Waals surface area contributed by atoms with Gasteiger partial charge in [-0.25, -0.2) is 0 Å². The highest BCUT2D eigenvalue weighted by atomic mass is 32.2. The van der Waals surface area contributed by atoms with Gasteiger partial charge in [-0.1, -0.05) is 89.8 Å². The number of benzene rings is 3. The molecule has 0 radical (unpaired) electrons.